The number of hydrogen-bond donors (Lipinski definition) is 1. The summed E-state index contributed by atoms with van der Waals surface area (Å²) in [6.07, 6.45) is 0. The first-order valence-electron chi connectivity index (χ1n) is 5.79. The van der Waals surface area contributed by atoms with E-state index in [9.17, 15) is 13.6 Å². The smallest absolute Gasteiger partial charge is 0.254 e. The van der Waals surface area contributed by atoms with Gasteiger partial charge in [0.2, 0.25) is 0 Å². The van der Waals surface area contributed by atoms with Crippen LogP contribution in [0.15, 0.2) is 17.5 Å². The first-order chi connectivity index (χ1) is 9.38. The molecule has 0 aliphatic carbocycles. The van der Waals surface area contributed by atoms with Crippen molar-refractivity contribution in [2.75, 3.05) is 12.8 Å². The Morgan fingerprint density at radius 3 is 2.50 bits per heavy atom. The number of thiazole rings is 1. The first kappa shape index (κ1) is 14.4. The third kappa shape index (κ3) is 2.93. The Hall–Kier alpha value is -2.02. The molecule has 0 saturated carbocycles. The highest BCUT2D eigenvalue weighted by molar-refractivity contribution is 7.09. The van der Waals surface area contributed by atoms with Gasteiger partial charge in [-0.2, -0.15) is 0 Å². The van der Waals surface area contributed by atoms with Crippen molar-refractivity contribution in [1.29, 1.82) is 0 Å². The zero-order valence-corrected chi connectivity index (χ0v) is 11.8. The van der Waals surface area contributed by atoms with Crippen LogP contribution in [0.4, 0.5) is 14.5 Å². The van der Waals surface area contributed by atoms with E-state index in [2.05, 4.69) is 4.98 Å². The molecule has 0 aliphatic rings. The van der Waals surface area contributed by atoms with E-state index in [1.54, 1.807) is 7.05 Å². The van der Waals surface area contributed by atoms with Gasteiger partial charge in [-0.05, 0) is 19.1 Å². The molecule has 106 valence electrons. The van der Waals surface area contributed by atoms with E-state index in [1.807, 2.05) is 12.3 Å². The maximum atomic E-state index is 13.3. The standard InChI is InChI=1S/C13H13F2N3OS/c1-7-17-9(6-20-7)5-18(2)13(19)8-3-10(14)12(16)11(15)4-8/h3-4,6H,5,16H2,1-2H3. The number of anilines is 1. The summed E-state index contributed by atoms with van der Waals surface area (Å²) in [5, 5.41) is 2.73. The summed E-state index contributed by atoms with van der Waals surface area (Å²) in [6, 6.07) is 1.87. The fourth-order valence-electron chi connectivity index (χ4n) is 1.72. The SMILES string of the molecule is Cc1nc(CN(C)C(=O)c2cc(F)c(N)c(F)c2)cs1. The van der Waals surface area contributed by atoms with Crippen LogP contribution in [0.2, 0.25) is 0 Å². The van der Waals surface area contributed by atoms with Crippen LogP contribution in [0.5, 0.6) is 0 Å². The maximum absolute atomic E-state index is 13.3. The average Bonchev–Trinajstić information content (AvgIpc) is 2.79. The lowest BCUT2D eigenvalue weighted by Gasteiger charge is -2.16. The molecule has 0 unspecified atom stereocenters. The van der Waals surface area contributed by atoms with Gasteiger partial charge in [-0.3, -0.25) is 4.79 Å². The lowest BCUT2D eigenvalue weighted by atomic mass is 10.1. The van der Waals surface area contributed by atoms with Crippen molar-refractivity contribution in [1.82, 2.24) is 9.88 Å². The number of aromatic nitrogens is 1. The molecule has 0 fully saturated rings. The van der Waals surface area contributed by atoms with Crippen LogP contribution in [-0.4, -0.2) is 22.8 Å². The number of halogens is 2. The van der Waals surface area contributed by atoms with Crippen LogP contribution in [0, 0.1) is 18.6 Å². The zero-order chi connectivity index (χ0) is 14.9. The van der Waals surface area contributed by atoms with Gasteiger partial charge in [0.25, 0.3) is 5.91 Å². The Morgan fingerprint density at radius 1 is 1.40 bits per heavy atom. The second-order valence-electron chi connectivity index (χ2n) is 4.37. The Bertz CT molecular complexity index is 634. The molecule has 20 heavy (non-hydrogen) atoms. The number of hydrogen-bond acceptors (Lipinski definition) is 4. The molecule has 2 N–H and O–H groups in total. The predicted octanol–water partition coefficient (Wildman–Crippen LogP) is 2.58. The first-order valence-corrected chi connectivity index (χ1v) is 6.67. The molecule has 0 bridgehead atoms. The van der Waals surface area contributed by atoms with E-state index in [1.165, 1.54) is 16.2 Å². The molecule has 0 spiro atoms. The second kappa shape index (κ2) is 5.54. The van der Waals surface area contributed by atoms with Crippen LogP contribution >= 0.6 is 11.3 Å². The molecular formula is C13H13F2N3OS. The number of rotatable bonds is 3. The summed E-state index contributed by atoms with van der Waals surface area (Å²) >= 11 is 1.48. The molecular weight excluding hydrogens is 284 g/mol. The summed E-state index contributed by atoms with van der Waals surface area (Å²) in [7, 11) is 1.54. The topological polar surface area (TPSA) is 59.2 Å². The highest BCUT2D eigenvalue weighted by Gasteiger charge is 2.17. The fourth-order valence-corrected chi connectivity index (χ4v) is 2.33. The number of carbonyl (C=O) groups is 1. The molecule has 0 saturated heterocycles. The monoisotopic (exact) mass is 297 g/mol. The summed E-state index contributed by atoms with van der Waals surface area (Å²) in [6.45, 7) is 2.14. The second-order valence-corrected chi connectivity index (χ2v) is 5.43. The maximum Gasteiger partial charge on any atom is 0.254 e. The number of nitrogen functional groups attached to an aromatic ring is 1. The van der Waals surface area contributed by atoms with Crippen LogP contribution < -0.4 is 5.73 Å². The molecule has 7 heteroatoms. The molecule has 0 radical (unpaired) electrons. The number of carbonyl (C=O) groups excluding carboxylic acids is 1. The molecule has 1 heterocycles. The normalized spacial score (nSPS) is 10.6. The van der Waals surface area contributed by atoms with Crippen molar-refractivity contribution >= 4 is 22.9 Å². The molecule has 1 aromatic carbocycles. The number of aryl methyl sites for hydroxylation is 1. The molecule has 0 atom stereocenters. The number of nitrogens with zero attached hydrogens (tertiary/aromatic N) is 2. The Kier molecular flexibility index (Phi) is 3.99. The van der Waals surface area contributed by atoms with Gasteiger partial charge in [0.15, 0.2) is 0 Å². The minimum Gasteiger partial charge on any atom is -0.394 e. The van der Waals surface area contributed by atoms with Gasteiger partial charge in [0.1, 0.15) is 17.3 Å². The third-order valence-corrected chi connectivity index (χ3v) is 3.56. The Morgan fingerprint density at radius 2 is 2.00 bits per heavy atom. The van der Waals surface area contributed by atoms with Gasteiger partial charge in [-0.1, -0.05) is 0 Å². The summed E-state index contributed by atoms with van der Waals surface area (Å²) in [5.74, 6) is -2.37. The number of amides is 1. The van der Waals surface area contributed by atoms with Gasteiger partial charge >= 0.3 is 0 Å². The third-order valence-electron chi connectivity index (χ3n) is 2.74. The van der Waals surface area contributed by atoms with E-state index in [-0.39, 0.29) is 12.1 Å². The van der Waals surface area contributed by atoms with Gasteiger partial charge < -0.3 is 10.6 Å². The molecule has 4 nitrogen and oxygen atoms in total. The summed E-state index contributed by atoms with van der Waals surface area (Å²) in [5.41, 5.74) is 5.24. The van der Waals surface area contributed by atoms with Crippen molar-refractivity contribution in [2.24, 2.45) is 0 Å². The molecule has 2 aromatic rings. The number of benzene rings is 1. The van der Waals surface area contributed by atoms with Gasteiger partial charge in [-0.25, -0.2) is 13.8 Å². The van der Waals surface area contributed by atoms with Crippen LogP contribution in [-0.2, 0) is 6.54 Å². The molecule has 2 rings (SSSR count). The zero-order valence-electron chi connectivity index (χ0n) is 11.0. The molecule has 1 aromatic heterocycles. The van der Waals surface area contributed by atoms with Gasteiger partial charge in [0.05, 0.1) is 17.2 Å². The van der Waals surface area contributed by atoms with E-state index >= 15 is 0 Å². The van der Waals surface area contributed by atoms with Crippen LogP contribution in [0.3, 0.4) is 0 Å². The summed E-state index contributed by atoms with van der Waals surface area (Å²) < 4.78 is 26.7. The highest BCUT2D eigenvalue weighted by Crippen LogP contribution is 2.19. The van der Waals surface area contributed by atoms with Crippen molar-refractivity contribution in [3.05, 3.63) is 45.4 Å². The highest BCUT2D eigenvalue weighted by atomic mass is 32.1. The molecule has 0 aliphatic heterocycles. The van der Waals surface area contributed by atoms with Crippen molar-refractivity contribution in [3.63, 3.8) is 0 Å². The quantitative estimate of drug-likeness (QED) is 0.886. The molecule has 1 amide bonds. The lowest BCUT2D eigenvalue weighted by Crippen LogP contribution is -2.26. The fraction of sp³-hybridized carbons (Fsp3) is 0.231. The summed E-state index contributed by atoms with van der Waals surface area (Å²) in [4.78, 5) is 17.7. The Labute approximate surface area is 118 Å². The van der Waals surface area contributed by atoms with Crippen molar-refractivity contribution in [2.45, 2.75) is 13.5 Å². The van der Waals surface area contributed by atoms with E-state index in [4.69, 9.17) is 5.73 Å². The van der Waals surface area contributed by atoms with E-state index in [0.717, 1.165) is 22.8 Å². The lowest BCUT2D eigenvalue weighted by molar-refractivity contribution is 0.0782. The van der Waals surface area contributed by atoms with Crippen LogP contribution in [0.25, 0.3) is 0 Å². The van der Waals surface area contributed by atoms with Crippen LogP contribution in [0.1, 0.15) is 21.1 Å². The average molecular weight is 297 g/mol. The largest absolute Gasteiger partial charge is 0.394 e. The predicted molar refractivity (Wildman–Crippen MR) is 73.4 cm³/mol. The minimum absolute atomic E-state index is 0.0800. The van der Waals surface area contributed by atoms with Crippen molar-refractivity contribution in [3.8, 4) is 0 Å². The van der Waals surface area contributed by atoms with Crippen molar-refractivity contribution < 1.29 is 13.6 Å². The Balaban J connectivity index is 2.18. The van der Waals surface area contributed by atoms with Gasteiger partial charge in [-0.15, -0.1) is 11.3 Å². The van der Waals surface area contributed by atoms with E-state index < -0.39 is 23.2 Å². The minimum atomic E-state index is -0.939. The van der Waals surface area contributed by atoms with E-state index in [0.29, 0.717) is 0 Å². The van der Waals surface area contributed by atoms with Gasteiger partial charge in [0, 0.05) is 18.0 Å². The number of nitrogens with two attached hydrogens (primary N) is 1.